The third-order valence-corrected chi connectivity index (χ3v) is 3.30. The molecule has 0 unspecified atom stereocenters. The summed E-state index contributed by atoms with van der Waals surface area (Å²) < 4.78 is 102. The topological polar surface area (TPSA) is 18.5 Å². The standard InChI is InChI=1S/C17H13F7O2/c1-2-3-9-6-12(19)15(13(20)7-9)17(23,24)26-10-4-5-14(11(18)8-10)25-16(21)22/h4-8,16H,2-3H2,1H3. The molecule has 0 spiro atoms. The summed E-state index contributed by atoms with van der Waals surface area (Å²) in [6.07, 6.45) is -3.62. The summed E-state index contributed by atoms with van der Waals surface area (Å²) in [5, 5.41) is 0. The normalized spacial score (nSPS) is 11.7. The fraction of sp³-hybridized carbons (Fsp3) is 0.294. The first-order valence-corrected chi connectivity index (χ1v) is 7.43. The number of ether oxygens (including phenoxy) is 2. The quantitative estimate of drug-likeness (QED) is 0.565. The molecule has 0 bridgehead atoms. The molecule has 0 heterocycles. The molecular weight excluding hydrogens is 369 g/mol. The lowest BCUT2D eigenvalue weighted by Crippen LogP contribution is -2.25. The van der Waals surface area contributed by atoms with Crippen LogP contribution in [0.1, 0.15) is 24.5 Å². The minimum Gasteiger partial charge on any atom is -0.432 e. The van der Waals surface area contributed by atoms with E-state index in [1.54, 1.807) is 6.92 Å². The van der Waals surface area contributed by atoms with E-state index >= 15 is 0 Å². The van der Waals surface area contributed by atoms with Crippen LogP contribution in [-0.2, 0) is 12.5 Å². The van der Waals surface area contributed by atoms with E-state index in [1.165, 1.54) is 0 Å². The van der Waals surface area contributed by atoms with Crippen molar-refractivity contribution in [3.63, 3.8) is 0 Å². The van der Waals surface area contributed by atoms with Gasteiger partial charge in [0, 0.05) is 6.07 Å². The number of aryl methyl sites for hydroxylation is 1. The average Bonchev–Trinajstić information content (AvgIpc) is 2.48. The SMILES string of the molecule is CCCc1cc(F)c(C(F)(F)Oc2ccc(OC(F)F)c(F)c2)c(F)c1. The lowest BCUT2D eigenvalue weighted by Gasteiger charge is -2.20. The summed E-state index contributed by atoms with van der Waals surface area (Å²) in [6.45, 7) is -1.57. The van der Waals surface area contributed by atoms with Crippen LogP contribution >= 0.6 is 0 Å². The summed E-state index contributed by atoms with van der Waals surface area (Å²) in [7, 11) is 0. The van der Waals surface area contributed by atoms with Crippen LogP contribution in [0.25, 0.3) is 0 Å². The molecule has 9 heteroatoms. The monoisotopic (exact) mass is 382 g/mol. The van der Waals surface area contributed by atoms with Gasteiger partial charge >= 0.3 is 12.7 Å². The molecule has 0 atom stereocenters. The molecule has 142 valence electrons. The number of hydrogen-bond donors (Lipinski definition) is 0. The maximum absolute atomic E-state index is 14.1. The van der Waals surface area contributed by atoms with Crippen LogP contribution in [0.3, 0.4) is 0 Å². The van der Waals surface area contributed by atoms with E-state index in [0.29, 0.717) is 24.6 Å². The lowest BCUT2D eigenvalue weighted by atomic mass is 10.1. The van der Waals surface area contributed by atoms with Gasteiger partial charge in [0.1, 0.15) is 22.9 Å². The predicted molar refractivity (Wildman–Crippen MR) is 77.9 cm³/mol. The fourth-order valence-electron chi connectivity index (χ4n) is 2.27. The van der Waals surface area contributed by atoms with Crippen molar-refractivity contribution in [1.82, 2.24) is 0 Å². The number of halogens is 7. The minimum atomic E-state index is -4.46. The van der Waals surface area contributed by atoms with Crippen molar-refractivity contribution in [2.45, 2.75) is 32.5 Å². The van der Waals surface area contributed by atoms with Crippen LogP contribution in [0.2, 0.25) is 0 Å². The zero-order valence-electron chi connectivity index (χ0n) is 13.3. The van der Waals surface area contributed by atoms with E-state index in [9.17, 15) is 30.7 Å². The van der Waals surface area contributed by atoms with Crippen LogP contribution in [0.4, 0.5) is 30.7 Å². The Bertz CT molecular complexity index is 755. The first kappa shape index (κ1) is 19.9. The fourth-order valence-corrected chi connectivity index (χ4v) is 2.27. The van der Waals surface area contributed by atoms with Gasteiger partial charge in [-0.3, -0.25) is 0 Å². The molecule has 0 aliphatic heterocycles. The Balaban J connectivity index is 2.30. The molecule has 0 aliphatic carbocycles. The Morgan fingerprint density at radius 1 is 0.962 bits per heavy atom. The van der Waals surface area contributed by atoms with Gasteiger partial charge in [-0.05, 0) is 36.2 Å². The van der Waals surface area contributed by atoms with Gasteiger partial charge in [0.25, 0.3) is 0 Å². The van der Waals surface area contributed by atoms with Crippen molar-refractivity contribution in [3.8, 4) is 11.5 Å². The molecule has 26 heavy (non-hydrogen) atoms. The number of benzene rings is 2. The van der Waals surface area contributed by atoms with Gasteiger partial charge in [-0.1, -0.05) is 13.3 Å². The molecule has 0 radical (unpaired) electrons. The summed E-state index contributed by atoms with van der Waals surface area (Å²) in [5.41, 5.74) is -1.44. The molecule has 0 amide bonds. The molecule has 0 saturated heterocycles. The smallest absolute Gasteiger partial charge is 0.432 e. The molecule has 0 fully saturated rings. The summed E-state index contributed by atoms with van der Waals surface area (Å²) >= 11 is 0. The van der Waals surface area contributed by atoms with E-state index in [0.717, 1.165) is 12.1 Å². The average molecular weight is 382 g/mol. The second-order valence-electron chi connectivity index (χ2n) is 5.27. The highest BCUT2D eigenvalue weighted by atomic mass is 19.3. The molecule has 0 saturated carbocycles. The Morgan fingerprint density at radius 3 is 2.08 bits per heavy atom. The van der Waals surface area contributed by atoms with Crippen molar-refractivity contribution in [2.24, 2.45) is 0 Å². The van der Waals surface area contributed by atoms with Crippen molar-refractivity contribution >= 4 is 0 Å². The highest BCUT2D eigenvalue weighted by molar-refractivity contribution is 5.35. The van der Waals surface area contributed by atoms with Crippen molar-refractivity contribution in [1.29, 1.82) is 0 Å². The van der Waals surface area contributed by atoms with E-state index in [1.807, 2.05) is 0 Å². The molecule has 2 aromatic rings. The molecular formula is C17H13F7O2. The molecule has 2 rings (SSSR count). The predicted octanol–water partition coefficient (Wildman–Crippen LogP) is 5.79. The van der Waals surface area contributed by atoms with Crippen molar-refractivity contribution in [2.75, 3.05) is 0 Å². The molecule has 2 nitrogen and oxygen atoms in total. The van der Waals surface area contributed by atoms with Gasteiger partial charge in [0.2, 0.25) is 0 Å². The van der Waals surface area contributed by atoms with Crippen LogP contribution < -0.4 is 9.47 Å². The van der Waals surface area contributed by atoms with Crippen LogP contribution in [0, 0.1) is 17.5 Å². The Hall–Kier alpha value is -2.45. The van der Waals surface area contributed by atoms with E-state index < -0.39 is 47.2 Å². The van der Waals surface area contributed by atoms with Gasteiger partial charge in [-0.15, -0.1) is 0 Å². The largest absolute Gasteiger partial charge is 0.432 e. The van der Waals surface area contributed by atoms with Crippen LogP contribution in [0.15, 0.2) is 30.3 Å². The third kappa shape index (κ3) is 4.59. The summed E-state index contributed by atoms with van der Waals surface area (Å²) in [6, 6.07) is 3.20. The lowest BCUT2D eigenvalue weighted by molar-refractivity contribution is -0.189. The second kappa shape index (κ2) is 7.84. The molecule has 0 aromatic heterocycles. The Labute approximate surface area is 144 Å². The van der Waals surface area contributed by atoms with Crippen molar-refractivity contribution < 1.29 is 40.2 Å². The first-order valence-electron chi connectivity index (χ1n) is 7.43. The minimum absolute atomic E-state index is 0.196. The second-order valence-corrected chi connectivity index (χ2v) is 5.27. The van der Waals surface area contributed by atoms with Crippen molar-refractivity contribution in [3.05, 3.63) is 58.9 Å². The number of hydrogen-bond acceptors (Lipinski definition) is 2. The summed E-state index contributed by atoms with van der Waals surface area (Å²) in [5.74, 6) is -6.16. The van der Waals surface area contributed by atoms with Crippen LogP contribution in [0.5, 0.6) is 11.5 Å². The van der Waals surface area contributed by atoms with Gasteiger partial charge < -0.3 is 9.47 Å². The van der Waals surface area contributed by atoms with E-state index in [2.05, 4.69) is 9.47 Å². The van der Waals surface area contributed by atoms with E-state index in [-0.39, 0.29) is 12.0 Å². The number of alkyl halides is 4. The van der Waals surface area contributed by atoms with Crippen LogP contribution in [-0.4, -0.2) is 6.61 Å². The highest BCUT2D eigenvalue weighted by Crippen LogP contribution is 2.36. The molecule has 0 aliphatic rings. The zero-order valence-corrected chi connectivity index (χ0v) is 13.3. The summed E-state index contributed by atoms with van der Waals surface area (Å²) in [4.78, 5) is 0. The van der Waals surface area contributed by atoms with Gasteiger partial charge in [-0.2, -0.15) is 17.6 Å². The molecule has 2 aromatic carbocycles. The van der Waals surface area contributed by atoms with Gasteiger partial charge in [0.15, 0.2) is 11.6 Å². The van der Waals surface area contributed by atoms with Gasteiger partial charge in [0.05, 0.1) is 0 Å². The van der Waals surface area contributed by atoms with E-state index in [4.69, 9.17) is 0 Å². The van der Waals surface area contributed by atoms with Gasteiger partial charge in [-0.25, -0.2) is 13.2 Å². The molecule has 0 N–H and O–H groups in total. The maximum atomic E-state index is 14.1. The third-order valence-electron chi connectivity index (χ3n) is 3.30. The highest BCUT2D eigenvalue weighted by Gasteiger charge is 2.41. The maximum Gasteiger partial charge on any atom is 0.432 e. The first-order chi connectivity index (χ1) is 12.1. The Morgan fingerprint density at radius 2 is 1.58 bits per heavy atom. The Kier molecular flexibility index (Phi) is 5.99. The number of rotatable bonds is 7. The zero-order chi connectivity index (χ0) is 19.5.